The zero-order valence-corrected chi connectivity index (χ0v) is 10.9. The first-order chi connectivity index (χ1) is 9.78. The number of carbonyl (C=O) groups is 1. The van der Waals surface area contributed by atoms with Crippen molar-refractivity contribution in [2.45, 2.75) is 0 Å². The summed E-state index contributed by atoms with van der Waals surface area (Å²) in [5, 5.41) is 2.29. The number of esters is 1. The number of nitrogens with zero attached hydrogens (tertiary/aromatic N) is 2. The molecule has 1 heterocycles. The van der Waals surface area contributed by atoms with Crippen LogP contribution in [0.4, 0.5) is 0 Å². The Morgan fingerprint density at radius 2 is 1.85 bits per heavy atom. The van der Waals surface area contributed by atoms with Crippen molar-refractivity contribution in [2.24, 2.45) is 0 Å². The molecule has 0 spiro atoms. The smallest absolute Gasteiger partial charge is 0.376 e. The van der Waals surface area contributed by atoms with Gasteiger partial charge in [-0.05, 0) is 22.9 Å². The lowest BCUT2D eigenvalue weighted by atomic mass is 10.1. The topological polar surface area (TPSA) is 52.1 Å². The molecule has 0 unspecified atom stereocenters. The molecule has 0 saturated heterocycles. The fourth-order valence-electron chi connectivity index (χ4n) is 2.06. The molecule has 1 aromatic heterocycles. The van der Waals surface area contributed by atoms with Crippen molar-refractivity contribution >= 4 is 16.7 Å². The van der Waals surface area contributed by atoms with Crippen molar-refractivity contribution in [1.29, 1.82) is 0 Å². The highest BCUT2D eigenvalue weighted by Crippen LogP contribution is 2.22. The van der Waals surface area contributed by atoms with Gasteiger partial charge in [0.25, 0.3) is 0 Å². The molecule has 4 heteroatoms. The van der Waals surface area contributed by atoms with Gasteiger partial charge in [0.15, 0.2) is 0 Å². The molecule has 0 saturated carbocycles. The Morgan fingerprint density at radius 3 is 2.65 bits per heavy atom. The van der Waals surface area contributed by atoms with E-state index in [1.165, 1.54) is 12.5 Å². The number of benzene rings is 2. The van der Waals surface area contributed by atoms with E-state index < -0.39 is 5.97 Å². The molecule has 4 nitrogen and oxygen atoms in total. The van der Waals surface area contributed by atoms with Gasteiger partial charge in [-0.1, -0.05) is 36.4 Å². The predicted octanol–water partition coefficient (Wildman–Crippen LogP) is 3.08. The molecule has 3 aromatic rings. The second-order valence-electron chi connectivity index (χ2n) is 4.32. The summed E-state index contributed by atoms with van der Waals surface area (Å²) in [5.74, 6) is -0.467. The summed E-state index contributed by atoms with van der Waals surface area (Å²) in [7, 11) is 1.31. The van der Waals surface area contributed by atoms with Crippen LogP contribution in [-0.2, 0) is 4.74 Å². The van der Waals surface area contributed by atoms with Gasteiger partial charge in [0.1, 0.15) is 0 Å². The van der Waals surface area contributed by atoms with Crippen molar-refractivity contribution in [2.75, 3.05) is 7.11 Å². The molecular formula is C16H12N2O2. The number of methoxy groups -OCH3 is 1. The molecule has 2 aromatic carbocycles. The Bertz CT molecular complexity index is 784. The van der Waals surface area contributed by atoms with Crippen LogP contribution in [0.25, 0.3) is 22.0 Å². The minimum absolute atomic E-state index is 0.0677. The highest BCUT2D eigenvalue weighted by molar-refractivity contribution is 5.88. The van der Waals surface area contributed by atoms with Gasteiger partial charge < -0.3 is 4.74 Å². The van der Waals surface area contributed by atoms with Crippen LogP contribution < -0.4 is 0 Å². The van der Waals surface area contributed by atoms with Crippen LogP contribution in [0, 0.1) is 0 Å². The molecule has 0 aliphatic carbocycles. The third kappa shape index (κ3) is 2.23. The predicted molar refractivity (Wildman–Crippen MR) is 76.3 cm³/mol. The molecule has 0 aliphatic heterocycles. The zero-order valence-electron chi connectivity index (χ0n) is 10.9. The Balaban J connectivity index is 2.08. The van der Waals surface area contributed by atoms with Crippen LogP contribution in [0.5, 0.6) is 0 Å². The summed E-state index contributed by atoms with van der Waals surface area (Å²) in [6.07, 6.45) is 1.56. The largest absolute Gasteiger partial charge is 0.463 e. The number of aromatic nitrogens is 2. The molecule has 98 valence electrons. The highest BCUT2D eigenvalue weighted by atomic mass is 16.5. The maximum absolute atomic E-state index is 11.5. The Hall–Kier alpha value is -2.75. The quantitative estimate of drug-likeness (QED) is 0.667. The molecule has 3 rings (SSSR count). The normalized spacial score (nSPS) is 10.4. The summed E-state index contributed by atoms with van der Waals surface area (Å²) in [6, 6.07) is 15.9. The number of fused-ring (bicyclic) bond motifs is 1. The van der Waals surface area contributed by atoms with E-state index >= 15 is 0 Å². The molecular weight excluding hydrogens is 252 g/mol. The lowest BCUT2D eigenvalue weighted by Gasteiger charge is -2.04. The second-order valence-corrected chi connectivity index (χ2v) is 4.32. The Kier molecular flexibility index (Phi) is 3.13. The molecule has 0 bridgehead atoms. The lowest BCUT2D eigenvalue weighted by Crippen LogP contribution is -2.07. The summed E-state index contributed by atoms with van der Waals surface area (Å²) in [6.45, 7) is 0. The maximum Gasteiger partial charge on any atom is 0.376 e. The average molecular weight is 264 g/mol. The molecule has 0 radical (unpaired) electrons. The molecule has 0 fully saturated rings. The van der Waals surface area contributed by atoms with Crippen LogP contribution in [0.1, 0.15) is 10.6 Å². The third-order valence-electron chi connectivity index (χ3n) is 3.07. The van der Waals surface area contributed by atoms with Crippen LogP contribution in [-0.4, -0.2) is 23.0 Å². The van der Waals surface area contributed by atoms with Gasteiger partial charge >= 0.3 is 5.97 Å². The van der Waals surface area contributed by atoms with Crippen LogP contribution in [0.2, 0.25) is 0 Å². The van der Waals surface area contributed by atoms with E-state index in [2.05, 4.69) is 20.8 Å². The standard InChI is InChI=1S/C16H12N2O2/c1-20-16(19)15-17-9-8-14(18-15)13-7-6-11-4-2-3-5-12(11)10-13/h2-10H,1H3. The maximum atomic E-state index is 11.5. The van der Waals surface area contributed by atoms with E-state index in [0.29, 0.717) is 5.69 Å². The monoisotopic (exact) mass is 264 g/mol. The highest BCUT2D eigenvalue weighted by Gasteiger charge is 2.10. The molecule has 0 N–H and O–H groups in total. The number of carbonyl (C=O) groups excluding carboxylic acids is 1. The average Bonchev–Trinajstić information content (AvgIpc) is 2.53. The first-order valence-electron chi connectivity index (χ1n) is 6.18. The molecule has 0 amide bonds. The van der Waals surface area contributed by atoms with Crippen LogP contribution in [0.3, 0.4) is 0 Å². The van der Waals surface area contributed by atoms with Gasteiger partial charge in [0.2, 0.25) is 5.82 Å². The minimum Gasteiger partial charge on any atom is -0.463 e. The molecule has 20 heavy (non-hydrogen) atoms. The van der Waals surface area contributed by atoms with Crippen molar-refractivity contribution in [1.82, 2.24) is 9.97 Å². The van der Waals surface area contributed by atoms with E-state index in [4.69, 9.17) is 0 Å². The SMILES string of the molecule is COC(=O)c1nccc(-c2ccc3ccccc3c2)n1. The Labute approximate surface area is 116 Å². The van der Waals surface area contributed by atoms with Gasteiger partial charge in [-0.2, -0.15) is 0 Å². The third-order valence-corrected chi connectivity index (χ3v) is 3.07. The molecule has 0 aliphatic rings. The first-order valence-corrected chi connectivity index (χ1v) is 6.18. The van der Waals surface area contributed by atoms with E-state index in [9.17, 15) is 4.79 Å². The van der Waals surface area contributed by atoms with Gasteiger partial charge in [0, 0.05) is 11.8 Å². The first kappa shape index (κ1) is 12.3. The van der Waals surface area contributed by atoms with Gasteiger partial charge in [-0.15, -0.1) is 0 Å². The minimum atomic E-state index is -0.535. The van der Waals surface area contributed by atoms with Crippen molar-refractivity contribution in [3.63, 3.8) is 0 Å². The lowest BCUT2D eigenvalue weighted by molar-refractivity contribution is 0.0587. The number of hydrogen-bond acceptors (Lipinski definition) is 4. The Morgan fingerprint density at radius 1 is 1.05 bits per heavy atom. The van der Waals surface area contributed by atoms with E-state index in [1.54, 1.807) is 12.3 Å². The summed E-state index contributed by atoms with van der Waals surface area (Å²) in [4.78, 5) is 19.6. The van der Waals surface area contributed by atoms with Gasteiger partial charge in [-0.25, -0.2) is 14.8 Å². The van der Waals surface area contributed by atoms with Crippen molar-refractivity contribution in [3.8, 4) is 11.3 Å². The summed E-state index contributed by atoms with van der Waals surface area (Å²) < 4.78 is 4.63. The number of rotatable bonds is 2. The summed E-state index contributed by atoms with van der Waals surface area (Å²) in [5.41, 5.74) is 1.64. The van der Waals surface area contributed by atoms with Gasteiger partial charge in [-0.3, -0.25) is 0 Å². The number of ether oxygens (including phenoxy) is 1. The van der Waals surface area contributed by atoms with Crippen molar-refractivity contribution < 1.29 is 9.53 Å². The van der Waals surface area contributed by atoms with Crippen LogP contribution >= 0.6 is 0 Å². The fraction of sp³-hybridized carbons (Fsp3) is 0.0625. The molecule has 0 atom stereocenters. The van der Waals surface area contributed by atoms with E-state index in [-0.39, 0.29) is 5.82 Å². The van der Waals surface area contributed by atoms with Gasteiger partial charge in [0.05, 0.1) is 12.8 Å². The van der Waals surface area contributed by atoms with Crippen LogP contribution in [0.15, 0.2) is 54.7 Å². The van der Waals surface area contributed by atoms with E-state index in [0.717, 1.165) is 10.9 Å². The second kappa shape index (κ2) is 5.09. The van der Waals surface area contributed by atoms with Crippen molar-refractivity contribution in [3.05, 3.63) is 60.6 Å². The summed E-state index contributed by atoms with van der Waals surface area (Å²) >= 11 is 0. The number of hydrogen-bond donors (Lipinski definition) is 0. The fourth-order valence-corrected chi connectivity index (χ4v) is 2.06. The zero-order chi connectivity index (χ0) is 13.9. The van der Waals surface area contributed by atoms with E-state index in [1.807, 2.05) is 36.4 Å².